The van der Waals surface area contributed by atoms with Crippen molar-refractivity contribution in [2.75, 3.05) is 0 Å². The van der Waals surface area contributed by atoms with E-state index in [2.05, 4.69) is 39.1 Å². The molecule has 2 N–H and O–H groups in total. The normalized spacial score (nSPS) is 12.7. The molecule has 6 heteroatoms. The maximum Gasteiger partial charge on any atom is 0.0931 e. The minimum atomic E-state index is 0.187. The lowest BCUT2D eigenvalue weighted by atomic mass is 10.2. The maximum absolute atomic E-state index is 6.04. The Morgan fingerprint density at radius 3 is 2.89 bits per heavy atom. The molecule has 0 amide bonds. The second-order valence-corrected chi connectivity index (χ2v) is 6.80. The predicted octanol–water partition coefficient (Wildman–Crippen LogP) is 4.07. The molecule has 3 aromatic rings. The summed E-state index contributed by atoms with van der Waals surface area (Å²) < 4.78 is 0.821. The minimum absolute atomic E-state index is 0.187. The van der Waals surface area contributed by atoms with Crippen LogP contribution in [0.4, 0.5) is 0 Å². The molecule has 98 valence electrons. The van der Waals surface area contributed by atoms with Crippen LogP contribution in [0.3, 0.4) is 0 Å². The molecule has 0 saturated carbocycles. The molecule has 0 aliphatic rings. The Hall–Kier alpha value is -1.14. The summed E-state index contributed by atoms with van der Waals surface area (Å²) >= 11 is 9.41. The molecule has 0 aliphatic heterocycles. The average Bonchev–Trinajstić information content (AvgIpc) is 3.11. The number of H-pyrrole nitrogens is 1. The van der Waals surface area contributed by atoms with Crippen molar-refractivity contribution >= 4 is 34.3 Å². The molecule has 1 atom stereocenters. The summed E-state index contributed by atoms with van der Waals surface area (Å²) in [6.45, 7) is 0.772. The molecule has 0 aromatic carbocycles. The van der Waals surface area contributed by atoms with Crippen molar-refractivity contribution in [1.82, 2.24) is 15.5 Å². The number of hydrogen-bond donors (Lipinski definition) is 2. The summed E-state index contributed by atoms with van der Waals surface area (Å²) in [6.07, 6.45) is 3.74. The van der Waals surface area contributed by atoms with Crippen molar-refractivity contribution < 1.29 is 0 Å². The van der Waals surface area contributed by atoms with Crippen LogP contribution >= 0.6 is 34.3 Å². The lowest BCUT2D eigenvalue weighted by Gasteiger charge is -2.15. The van der Waals surface area contributed by atoms with Crippen molar-refractivity contribution in [2.45, 2.75) is 12.6 Å². The highest BCUT2D eigenvalue weighted by molar-refractivity contribution is 7.16. The fourth-order valence-electron chi connectivity index (χ4n) is 1.87. The molecule has 19 heavy (non-hydrogen) atoms. The Morgan fingerprint density at radius 2 is 2.26 bits per heavy atom. The van der Waals surface area contributed by atoms with E-state index >= 15 is 0 Å². The number of thiophene rings is 2. The highest BCUT2D eigenvalue weighted by Gasteiger charge is 2.16. The van der Waals surface area contributed by atoms with Gasteiger partial charge >= 0.3 is 0 Å². The van der Waals surface area contributed by atoms with E-state index in [-0.39, 0.29) is 6.04 Å². The van der Waals surface area contributed by atoms with Crippen LogP contribution in [0, 0.1) is 0 Å². The Balaban J connectivity index is 1.80. The third-order valence-corrected chi connectivity index (χ3v) is 5.00. The SMILES string of the molecule is Clc1ccc(C(NCc2cn[nH]c2)c2cccs2)s1. The van der Waals surface area contributed by atoms with Gasteiger partial charge in [-0.25, -0.2) is 0 Å². The number of rotatable bonds is 5. The van der Waals surface area contributed by atoms with E-state index in [1.807, 2.05) is 18.5 Å². The van der Waals surface area contributed by atoms with Gasteiger partial charge in [0.1, 0.15) is 0 Å². The van der Waals surface area contributed by atoms with Gasteiger partial charge < -0.3 is 5.32 Å². The van der Waals surface area contributed by atoms with E-state index in [1.54, 1.807) is 22.7 Å². The molecule has 0 saturated heterocycles. The first kappa shape index (κ1) is 12.9. The van der Waals surface area contributed by atoms with Gasteiger partial charge in [-0.1, -0.05) is 17.7 Å². The van der Waals surface area contributed by atoms with Crippen molar-refractivity contribution in [3.63, 3.8) is 0 Å². The van der Waals surface area contributed by atoms with Crippen LogP contribution in [0.2, 0.25) is 4.34 Å². The van der Waals surface area contributed by atoms with Gasteiger partial charge in [-0.15, -0.1) is 22.7 Å². The zero-order chi connectivity index (χ0) is 13.1. The second-order valence-electron chi connectivity index (χ2n) is 4.08. The number of aromatic nitrogens is 2. The summed E-state index contributed by atoms with van der Waals surface area (Å²) in [5.74, 6) is 0. The molecule has 0 radical (unpaired) electrons. The molecule has 3 rings (SSSR count). The Bertz CT molecular complexity index is 616. The fraction of sp³-hybridized carbons (Fsp3) is 0.154. The van der Waals surface area contributed by atoms with Gasteiger partial charge in [-0.3, -0.25) is 5.10 Å². The molecular formula is C13H12ClN3S2. The van der Waals surface area contributed by atoms with Crippen molar-refractivity contribution in [2.24, 2.45) is 0 Å². The van der Waals surface area contributed by atoms with Crippen molar-refractivity contribution in [1.29, 1.82) is 0 Å². The Morgan fingerprint density at radius 1 is 1.32 bits per heavy atom. The molecule has 0 spiro atoms. The van der Waals surface area contributed by atoms with E-state index in [1.165, 1.54) is 9.75 Å². The van der Waals surface area contributed by atoms with Crippen molar-refractivity contribution in [3.05, 3.63) is 61.7 Å². The molecule has 1 unspecified atom stereocenters. The first-order valence-electron chi connectivity index (χ1n) is 5.82. The van der Waals surface area contributed by atoms with Gasteiger partial charge in [-0.2, -0.15) is 5.10 Å². The summed E-state index contributed by atoms with van der Waals surface area (Å²) in [7, 11) is 0. The lowest BCUT2D eigenvalue weighted by Crippen LogP contribution is -2.20. The van der Waals surface area contributed by atoms with Crippen LogP contribution in [0.15, 0.2) is 42.0 Å². The van der Waals surface area contributed by atoms with E-state index in [9.17, 15) is 0 Å². The van der Waals surface area contributed by atoms with Gasteiger partial charge in [0, 0.05) is 28.1 Å². The number of halogens is 1. The highest BCUT2D eigenvalue weighted by atomic mass is 35.5. The van der Waals surface area contributed by atoms with E-state index in [4.69, 9.17) is 11.6 Å². The monoisotopic (exact) mass is 309 g/mol. The van der Waals surface area contributed by atoms with Crippen LogP contribution < -0.4 is 5.32 Å². The molecule has 0 aliphatic carbocycles. The first-order valence-corrected chi connectivity index (χ1v) is 7.90. The van der Waals surface area contributed by atoms with E-state index < -0.39 is 0 Å². The number of hydrogen-bond acceptors (Lipinski definition) is 4. The topological polar surface area (TPSA) is 40.7 Å². The average molecular weight is 310 g/mol. The summed E-state index contributed by atoms with van der Waals surface area (Å²) in [5.41, 5.74) is 1.14. The zero-order valence-corrected chi connectivity index (χ0v) is 12.4. The van der Waals surface area contributed by atoms with E-state index in [0.29, 0.717) is 0 Å². The first-order chi connectivity index (χ1) is 9.33. The molecule has 3 heterocycles. The molecular weight excluding hydrogens is 298 g/mol. The third kappa shape index (κ3) is 3.06. The summed E-state index contributed by atoms with van der Waals surface area (Å²) in [4.78, 5) is 2.53. The Labute approximate surface area is 124 Å². The van der Waals surface area contributed by atoms with Crippen LogP contribution in [0.5, 0.6) is 0 Å². The molecule has 3 nitrogen and oxygen atoms in total. The van der Waals surface area contributed by atoms with Crippen molar-refractivity contribution in [3.8, 4) is 0 Å². The summed E-state index contributed by atoms with van der Waals surface area (Å²) in [5, 5.41) is 12.4. The Kier molecular flexibility index (Phi) is 3.98. The van der Waals surface area contributed by atoms with Crippen LogP contribution in [0.25, 0.3) is 0 Å². The predicted molar refractivity (Wildman–Crippen MR) is 80.9 cm³/mol. The van der Waals surface area contributed by atoms with E-state index in [0.717, 1.165) is 16.4 Å². The maximum atomic E-state index is 6.04. The number of nitrogens with one attached hydrogen (secondary N) is 2. The molecule has 3 aromatic heterocycles. The minimum Gasteiger partial charge on any atom is -0.301 e. The number of aromatic amines is 1. The smallest absolute Gasteiger partial charge is 0.0931 e. The van der Waals surface area contributed by atoms with Gasteiger partial charge in [0.2, 0.25) is 0 Å². The molecule has 0 bridgehead atoms. The number of nitrogens with zero attached hydrogens (tertiary/aromatic N) is 1. The van der Waals surface area contributed by atoms with Crippen LogP contribution in [0.1, 0.15) is 21.4 Å². The second kappa shape index (κ2) is 5.88. The lowest BCUT2D eigenvalue weighted by molar-refractivity contribution is 0.621. The fourth-order valence-corrected chi connectivity index (χ4v) is 3.92. The molecule has 0 fully saturated rings. The zero-order valence-electron chi connectivity index (χ0n) is 9.97. The standard InChI is InChI=1S/C13H12ClN3S2/c14-12-4-3-11(19-12)13(10-2-1-5-18-10)15-6-9-7-16-17-8-9/h1-5,7-8,13,15H,6H2,(H,16,17). The largest absolute Gasteiger partial charge is 0.301 e. The summed E-state index contributed by atoms with van der Waals surface area (Å²) in [6, 6.07) is 8.43. The quantitative estimate of drug-likeness (QED) is 0.746. The highest BCUT2D eigenvalue weighted by Crippen LogP contribution is 2.33. The van der Waals surface area contributed by atoms with Gasteiger partial charge in [0.25, 0.3) is 0 Å². The van der Waals surface area contributed by atoms with Crippen LogP contribution in [-0.2, 0) is 6.54 Å². The van der Waals surface area contributed by atoms with Gasteiger partial charge in [0.15, 0.2) is 0 Å². The van der Waals surface area contributed by atoms with Crippen LogP contribution in [-0.4, -0.2) is 10.2 Å². The third-order valence-electron chi connectivity index (χ3n) is 2.77. The van der Waals surface area contributed by atoms with Gasteiger partial charge in [0.05, 0.1) is 16.6 Å². The van der Waals surface area contributed by atoms with Gasteiger partial charge in [-0.05, 0) is 23.6 Å².